The highest BCUT2D eigenvalue weighted by atomic mass is 19.1. The summed E-state index contributed by atoms with van der Waals surface area (Å²) >= 11 is 0. The predicted molar refractivity (Wildman–Crippen MR) is 63.2 cm³/mol. The Morgan fingerprint density at radius 3 is 2.42 bits per heavy atom. The van der Waals surface area contributed by atoms with E-state index in [4.69, 9.17) is 9.52 Å². The zero-order chi connectivity index (χ0) is 13.8. The molecule has 0 saturated heterocycles. The molecule has 2 N–H and O–H groups in total. The van der Waals surface area contributed by atoms with E-state index in [0.29, 0.717) is 11.3 Å². The summed E-state index contributed by atoms with van der Waals surface area (Å²) in [6.07, 6.45) is 0. The van der Waals surface area contributed by atoms with Gasteiger partial charge in [0.25, 0.3) is 5.91 Å². The van der Waals surface area contributed by atoms with Crippen LogP contribution in [0.5, 0.6) is 0 Å². The van der Waals surface area contributed by atoms with Crippen molar-refractivity contribution in [1.29, 1.82) is 0 Å². The van der Waals surface area contributed by atoms with E-state index < -0.39 is 17.7 Å². The molecule has 98 valence electrons. The number of benzene rings is 1. The number of halogens is 1. The molecule has 1 aromatic carbocycles. The number of furan rings is 1. The summed E-state index contributed by atoms with van der Waals surface area (Å²) in [6, 6.07) is 7.86. The van der Waals surface area contributed by atoms with Crippen LogP contribution in [-0.2, 0) is 6.54 Å². The molecule has 0 aliphatic carbocycles. The van der Waals surface area contributed by atoms with Gasteiger partial charge in [-0.1, -0.05) is 0 Å². The van der Waals surface area contributed by atoms with Crippen LogP contribution in [0.1, 0.15) is 26.7 Å². The van der Waals surface area contributed by atoms with Gasteiger partial charge in [0.2, 0.25) is 5.76 Å². The van der Waals surface area contributed by atoms with E-state index >= 15 is 0 Å². The molecule has 0 atom stereocenters. The fourth-order valence-corrected chi connectivity index (χ4v) is 1.46. The third kappa shape index (κ3) is 3.19. The van der Waals surface area contributed by atoms with Crippen LogP contribution in [0.3, 0.4) is 0 Å². The minimum atomic E-state index is -1.17. The van der Waals surface area contributed by atoms with Gasteiger partial charge < -0.3 is 14.8 Å². The van der Waals surface area contributed by atoms with Gasteiger partial charge in [0.05, 0.1) is 6.54 Å². The van der Waals surface area contributed by atoms with Gasteiger partial charge >= 0.3 is 5.97 Å². The fraction of sp³-hybridized carbons (Fsp3) is 0.0769. The third-order valence-corrected chi connectivity index (χ3v) is 2.40. The molecule has 0 fully saturated rings. The Kier molecular flexibility index (Phi) is 3.61. The molecule has 2 aromatic rings. The number of hydrogen-bond acceptors (Lipinski definition) is 3. The first-order chi connectivity index (χ1) is 9.06. The smallest absolute Gasteiger partial charge is 0.371 e. The maximum atomic E-state index is 12.7. The molecular weight excluding hydrogens is 253 g/mol. The van der Waals surface area contributed by atoms with Crippen molar-refractivity contribution in [3.05, 3.63) is 59.3 Å². The molecule has 1 aromatic heterocycles. The Bertz CT molecular complexity index is 603. The third-order valence-electron chi connectivity index (χ3n) is 2.40. The van der Waals surface area contributed by atoms with Crippen molar-refractivity contribution in [3.8, 4) is 0 Å². The Hall–Kier alpha value is -2.63. The lowest BCUT2D eigenvalue weighted by Crippen LogP contribution is -2.22. The average Bonchev–Trinajstić information content (AvgIpc) is 2.86. The molecule has 0 radical (unpaired) electrons. The number of rotatable bonds is 4. The second-order valence-corrected chi connectivity index (χ2v) is 3.76. The quantitative estimate of drug-likeness (QED) is 0.884. The molecular formula is C13H10FNO4. The first kappa shape index (κ1) is 12.8. The van der Waals surface area contributed by atoms with E-state index in [2.05, 4.69) is 5.32 Å². The molecule has 5 nitrogen and oxygen atoms in total. The minimum Gasteiger partial charge on any atom is -0.475 e. The van der Waals surface area contributed by atoms with E-state index in [1.807, 2.05) is 0 Å². The molecule has 1 heterocycles. The molecule has 0 saturated carbocycles. The van der Waals surface area contributed by atoms with Crippen LogP contribution >= 0.6 is 0 Å². The largest absolute Gasteiger partial charge is 0.475 e. The molecule has 0 aliphatic rings. The predicted octanol–water partition coefficient (Wildman–Crippen LogP) is 2.05. The SMILES string of the molecule is O=C(NCc1ccc(C(=O)O)o1)c1ccc(F)cc1. The fourth-order valence-electron chi connectivity index (χ4n) is 1.46. The number of amides is 1. The number of hydrogen-bond donors (Lipinski definition) is 2. The standard InChI is InChI=1S/C13H10FNO4/c14-9-3-1-8(2-4-9)12(16)15-7-10-5-6-11(19-10)13(17)18/h1-6H,7H2,(H,15,16)(H,17,18). The summed E-state index contributed by atoms with van der Waals surface area (Å²) in [7, 11) is 0. The summed E-state index contributed by atoms with van der Waals surface area (Å²) in [5, 5.41) is 11.2. The second-order valence-electron chi connectivity index (χ2n) is 3.76. The zero-order valence-electron chi connectivity index (χ0n) is 9.72. The minimum absolute atomic E-state index is 0.0590. The summed E-state index contributed by atoms with van der Waals surface area (Å²) in [5.74, 6) is -1.85. The van der Waals surface area contributed by atoms with Crippen LogP contribution in [0.15, 0.2) is 40.8 Å². The highest BCUT2D eigenvalue weighted by molar-refractivity contribution is 5.94. The van der Waals surface area contributed by atoms with Crippen molar-refractivity contribution in [3.63, 3.8) is 0 Å². The van der Waals surface area contributed by atoms with Gasteiger partial charge in [0, 0.05) is 5.56 Å². The van der Waals surface area contributed by atoms with Gasteiger partial charge in [-0.3, -0.25) is 4.79 Å². The van der Waals surface area contributed by atoms with Crippen molar-refractivity contribution < 1.29 is 23.5 Å². The van der Waals surface area contributed by atoms with Gasteiger partial charge in [-0.05, 0) is 36.4 Å². The number of carboxylic acids is 1. The lowest BCUT2D eigenvalue weighted by atomic mass is 10.2. The highest BCUT2D eigenvalue weighted by Crippen LogP contribution is 2.08. The van der Waals surface area contributed by atoms with Crippen LogP contribution in [0.25, 0.3) is 0 Å². The molecule has 2 rings (SSSR count). The number of nitrogens with one attached hydrogen (secondary N) is 1. The van der Waals surface area contributed by atoms with Crippen molar-refractivity contribution in [2.75, 3.05) is 0 Å². The Labute approximate surface area is 107 Å². The Balaban J connectivity index is 1.96. The molecule has 0 bridgehead atoms. The first-order valence-electron chi connectivity index (χ1n) is 5.42. The Morgan fingerprint density at radius 2 is 1.84 bits per heavy atom. The summed E-state index contributed by atoms with van der Waals surface area (Å²) in [4.78, 5) is 22.3. The van der Waals surface area contributed by atoms with E-state index in [1.165, 1.54) is 36.4 Å². The van der Waals surface area contributed by atoms with Gasteiger partial charge in [-0.25, -0.2) is 9.18 Å². The summed E-state index contributed by atoms with van der Waals surface area (Å²) in [5.41, 5.74) is 0.311. The van der Waals surface area contributed by atoms with Gasteiger partial charge in [-0.2, -0.15) is 0 Å². The molecule has 0 aliphatic heterocycles. The van der Waals surface area contributed by atoms with E-state index in [9.17, 15) is 14.0 Å². The Morgan fingerprint density at radius 1 is 1.16 bits per heavy atom. The summed E-state index contributed by atoms with van der Waals surface area (Å²) < 4.78 is 17.7. The van der Waals surface area contributed by atoms with E-state index in [0.717, 1.165) is 0 Å². The van der Waals surface area contributed by atoms with Crippen LogP contribution in [0.4, 0.5) is 4.39 Å². The van der Waals surface area contributed by atoms with Gasteiger partial charge in [0.15, 0.2) is 0 Å². The van der Waals surface area contributed by atoms with Crippen LogP contribution in [0, 0.1) is 5.82 Å². The monoisotopic (exact) mass is 263 g/mol. The van der Waals surface area contributed by atoms with Crippen molar-refractivity contribution in [1.82, 2.24) is 5.32 Å². The summed E-state index contributed by atoms with van der Waals surface area (Å²) in [6.45, 7) is 0.0590. The number of aromatic carboxylic acids is 1. The number of carbonyl (C=O) groups is 2. The van der Waals surface area contributed by atoms with Crippen molar-refractivity contribution in [2.24, 2.45) is 0 Å². The number of carboxylic acid groups (broad SMARTS) is 1. The average molecular weight is 263 g/mol. The lowest BCUT2D eigenvalue weighted by Gasteiger charge is -2.03. The molecule has 1 amide bonds. The van der Waals surface area contributed by atoms with Crippen LogP contribution in [0.2, 0.25) is 0 Å². The normalized spacial score (nSPS) is 10.2. The lowest BCUT2D eigenvalue weighted by molar-refractivity contribution is 0.0660. The maximum Gasteiger partial charge on any atom is 0.371 e. The molecule has 0 unspecified atom stereocenters. The highest BCUT2D eigenvalue weighted by Gasteiger charge is 2.10. The van der Waals surface area contributed by atoms with Gasteiger partial charge in [-0.15, -0.1) is 0 Å². The van der Waals surface area contributed by atoms with Gasteiger partial charge in [0.1, 0.15) is 11.6 Å². The topological polar surface area (TPSA) is 79.5 Å². The number of carbonyl (C=O) groups excluding carboxylic acids is 1. The molecule has 19 heavy (non-hydrogen) atoms. The molecule has 0 spiro atoms. The maximum absolute atomic E-state index is 12.7. The van der Waals surface area contributed by atoms with E-state index in [-0.39, 0.29) is 12.3 Å². The van der Waals surface area contributed by atoms with Crippen molar-refractivity contribution in [2.45, 2.75) is 6.54 Å². The van der Waals surface area contributed by atoms with Crippen LogP contribution in [-0.4, -0.2) is 17.0 Å². The first-order valence-corrected chi connectivity index (χ1v) is 5.42. The second kappa shape index (κ2) is 5.34. The van der Waals surface area contributed by atoms with Crippen LogP contribution < -0.4 is 5.32 Å². The van der Waals surface area contributed by atoms with E-state index in [1.54, 1.807) is 0 Å². The zero-order valence-corrected chi connectivity index (χ0v) is 9.72. The van der Waals surface area contributed by atoms with Crippen molar-refractivity contribution >= 4 is 11.9 Å². The molecule has 6 heteroatoms.